The number of amides is 1. The largest absolute Gasteiger partial charge is 0.347 e. The maximum atomic E-state index is 12.6. The molecule has 0 unspecified atom stereocenters. The van der Waals surface area contributed by atoms with Gasteiger partial charge in [-0.3, -0.25) is 13.5 Å². The van der Waals surface area contributed by atoms with Gasteiger partial charge in [0.25, 0.3) is 5.91 Å². The number of nitrogens with zero attached hydrogens (tertiary/aromatic N) is 4. The van der Waals surface area contributed by atoms with Crippen molar-refractivity contribution >= 4 is 33.2 Å². The van der Waals surface area contributed by atoms with Crippen LogP contribution in [0.25, 0.3) is 11.2 Å². The molecule has 3 aromatic rings. The van der Waals surface area contributed by atoms with E-state index in [-0.39, 0.29) is 18.3 Å². The average molecular weight is 490 g/mol. The van der Waals surface area contributed by atoms with E-state index in [2.05, 4.69) is 20.3 Å². The number of fused-ring (bicyclic) bond motifs is 2. The summed E-state index contributed by atoms with van der Waals surface area (Å²) < 4.78 is 46.9. The minimum absolute atomic E-state index is 0.227. The molecule has 0 aliphatic carbocycles. The van der Waals surface area contributed by atoms with E-state index in [1.807, 2.05) is 6.07 Å². The lowest BCUT2D eigenvalue weighted by Gasteiger charge is -2.24. The molecule has 34 heavy (non-hydrogen) atoms. The molecule has 0 bridgehead atoms. The fraction of sp³-hybridized carbons (Fsp3) is 0.400. The molecule has 5 rings (SSSR count). The lowest BCUT2D eigenvalue weighted by Crippen LogP contribution is -2.34. The van der Waals surface area contributed by atoms with Gasteiger partial charge in [-0.15, -0.1) is 0 Å². The number of carbonyl (C=O) groups is 1. The van der Waals surface area contributed by atoms with Crippen molar-refractivity contribution in [2.45, 2.75) is 44.2 Å². The summed E-state index contributed by atoms with van der Waals surface area (Å²) in [6.07, 6.45) is -0.00997. The molecule has 180 valence electrons. The van der Waals surface area contributed by atoms with Gasteiger partial charge in [-0.2, -0.15) is 8.42 Å². The van der Waals surface area contributed by atoms with Crippen LogP contribution in [0.5, 0.6) is 0 Å². The maximum absolute atomic E-state index is 12.6. The molecular formula is C20H22N6O7S. The van der Waals surface area contributed by atoms with Crippen LogP contribution in [0.3, 0.4) is 0 Å². The fourth-order valence-corrected chi connectivity index (χ4v) is 4.40. The van der Waals surface area contributed by atoms with Crippen molar-refractivity contribution in [1.82, 2.24) is 19.5 Å². The van der Waals surface area contributed by atoms with Gasteiger partial charge in [-0.05, 0) is 26.0 Å². The second-order valence-corrected chi connectivity index (χ2v) is 9.49. The number of ether oxygens (including phenoxy) is 3. The smallest absolute Gasteiger partial charge is 0.333 e. The molecule has 0 spiro atoms. The van der Waals surface area contributed by atoms with Crippen molar-refractivity contribution < 1.29 is 31.6 Å². The number of aromatic nitrogens is 4. The van der Waals surface area contributed by atoms with E-state index in [0.717, 1.165) is 0 Å². The number of nitrogens with two attached hydrogens (primary N) is 1. The molecular weight excluding hydrogens is 468 g/mol. The average Bonchev–Trinajstić information content (AvgIpc) is 3.43. The Morgan fingerprint density at radius 2 is 1.91 bits per heavy atom. The standard InChI is InChI=1S/C20H22N6O7S/c1-20(2)32-14-12(8-30-34(21,28)29)31-19(15(14)33-20)26-10-24-13-16(22-9-23-17(13)26)25-18(27)11-6-4-3-5-7-11/h3-7,9-10,12,14-15,19H,8H2,1-2H3,(H2,21,28,29)(H,22,23,25,27)/t12-,14-,15-,19-/m1/s1. The zero-order valence-corrected chi connectivity index (χ0v) is 19.0. The van der Waals surface area contributed by atoms with Crippen LogP contribution in [0.2, 0.25) is 0 Å². The SMILES string of the molecule is CC1(C)O[C@@H]2[C@H](O1)[C@@H](COS(N)(=O)=O)O[C@H]2n1cnc2c(NC(=O)c3ccccc3)ncnc21. The number of carbonyl (C=O) groups excluding carboxylic acids is 1. The summed E-state index contributed by atoms with van der Waals surface area (Å²) in [6, 6.07) is 8.69. The van der Waals surface area contributed by atoms with Gasteiger partial charge in [0.2, 0.25) is 0 Å². The summed E-state index contributed by atoms with van der Waals surface area (Å²) in [5, 5.41) is 7.71. The Hall–Kier alpha value is -3.01. The molecule has 4 atom stereocenters. The Bertz CT molecular complexity index is 1330. The molecule has 0 saturated carbocycles. The fourth-order valence-electron chi connectivity index (χ4n) is 4.08. The highest BCUT2D eigenvalue weighted by Gasteiger charge is 2.56. The van der Waals surface area contributed by atoms with Gasteiger partial charge >= 0.3 is 10.3 Å². The first-order chi connectivity index (χ1) is 16.1. The zero-order valence-electron chi connectivity index (χ0n) is 18.2. The molecule has 14 heteroatoms. The number of hydrogen-bond donors (Lipinski definition) is 2. The van der Waals surface area contributed by atoms with Crippen molar-refractivity contribution in [2.24, 2.45) is 5.14 Å². The van der Waals surface area contributed by atoms with E-state index in [4.69, 9.17) is 23.5 Å². The molecule has 2 fully saturated rings. The Morgan fingerprint density at radius 3 is 2.65 bits per heavy atom. The van der Waals surface area contributed by atoms with Crippen molar-refractivity contribution in [3.8, 4) is 0 Å². The highest BCUT2D eigenvalue weighted by molar-refractivity contribution is 7.84. The normalized spacial score (nSPS) is 26.0. The summed E-state index contributed by atoms with van der Waals surface area (Å²) in [6.45, 7) is 3.13. The molecule has 1 amide bonds. The van der Waals surface area contributed by atoms with E-state index in [0.29, 0.717) is 16.7 Å². The van der Waals surface area contributed by atoms with Gasteiger partial charge in [0.05, 0.1) is 12.9 Å². The second kappa shape index (κ2) is 8.33. The molecule has 3 N–H and O–H groups in total. The minimum Gasteiger partial charge on any atom is -0.347 e. The molecule has 2 aliphatic rings. The number of benzene rings is 1. The predicted octanol–water partition coefficient (Wildman–Crippen LogP) is 0.716. The van der Waals surface area contributed by atoms with Crippen molar-refractivity contribution in [3.63, 3.8) is 0 Å². The van der Waals surface area contributed by atoms with Crippen LogP contribution in [-0.2, 0) is 28.7 Å². The van der Waals surface area contributed by atoms with Crippen LogP contribution in [0.1, 0.15) is 30.4 Å². The van der Waals surface area contributed by atoms with E-state index < -0.39 is 40.6 Å². The van der Waals surface area contributed by atoms with Gasteiger partial charge in [0, 0.05) is 5.56 Å². The molecule has 13 nitrogen and oxygen atoms in total. The molecule has 4 heterocycles. The lowest BCUT2D eigenvalue weighted by molar-refractivity contribution is -0.198. The third-order valence-corrected chi connectivity index (χ3v) is 5.89. The van der Waals surface area contributed by atoms with Gasteiger partial charge in [0.1, 0.15) is 24.6 Å². The summed E-state index contributed by atoms with van der Waals surface area (Å²) in [5.74, 6) is -1.05. The Morgan fingerprint density at radius 1 is 1.18 bits per heavy atom. The Balaban J connectivity index is 1.44. The van der Waals surface area contributed by atoms with Gasteiger partial charge in [0.15, 0.2) is 29.0 Å². The number of anilines is 1. The number of rotatable bonds is 6. The number of nitrogens with one attached hydrogen (secondary N) is 1. The van der Waals surface area contributed by atoms with Gasteiger partial charge < -0.3 is 19.5 Å². The minimum atomic E-state index is -4.17. The van der Waals surface area contributed by atoms with E-state index >= 15 is 0 Å². The van der Waals surface area contributed by atoms with Crippen molar-refractivity contribution in [3.05, 3.63) is 48.5 Å². The first-order valence-corrected chi connectivity index (χ1v) is 11.8. The summed E-state index contributed by atoms with van der Waals surface area (Å²) >= 11 is 0. The van der Waals surface area contributed by atoms with E-state index in [9.17, 15) is 13.2 Å². The van der Waals surface area contributed by atoms with Crippen LogP contribution in [0, 0.1) is 0 Å². The molecule has 2 saturated heterocycles. The maximum Gasteiger partial charge on any atom is 0.333 e. The number of hydrogen-bond acceptors (Lipinski definition) is 10. The molecule has 1 aromatic carbocycles. The van der Waals surface area contributed by atoms with E-state index in [1.165, 1.54) is 12.7 Å². The van der Waals surface area contributed by atoms with Crippen LogP contribution < -0.4 is 10.5 Å². The highest BCUT2D eigenvalue weighted by Crippen LogP contribution is 2.44. The quantitative estimate of drug-likeness (QED) is 0.502. The van der Waals surface area contributed by atoms with E-state index in [1.54, 1.807) is 42.7 Å². The van der Waals surface area contributed by atoms with Crippen LogP contribution in [-0.4, -0.2) is 64.5 Å². The monoisotopic (exact) mass is 490 g/mol. The van der Waals surface area contributed by atoms with Crippen molar-refractivity contribution in [2.75, 3.05) is 11.9 Å². The van der Waals surface area contributed by atoms with Crippen LogP contribution in [0.15, 0.2) is 43.0 Å². The first kappa shape index (κ1) is 22.8. The Labute approximate surface area is 194 Å². The zero-order chi connectivity index (χ0) is 24.1. The summed E-state index contributed by atoms with van der Waals surface area (Å²) in [5.41, 5.74) is 1.19. The third-order valence-electron chi connectivity index (χ3n) is 5.42. The predicted molar refractivity (Wildman–Crippen MR) is 117 cm³/mol. The second-order valence-electron chi connectivity index (χ2n) is 8.27. The van der Waals surface area contributed by atoms with Crippen LogP contribution >= 0.6 is 0 Å². The molecule has 2 aliphatic heterocycles. The summed E-state index contributed by atoms with van der Waals surface area (Å²) in [7, 11) is -4.17. The Kier molecular flexibility index (Phi) is 5.58. The third kappa shape index (κ3) is 4.38. The topological polar surface area (TPSA) is 170 Å². The van der Waals surface area contributed by atoms with Crippen molar-refractivity contribution in [1.29, 1.82) is 0 Å². The first-order valence-electron chi connectivity index (χ1n) is 10.3. The molecule has 0 radical (unpaired) electrons. The molecule has 2 aromatic heterocycles. The van der Waals surface area contributed by atoms with Gasteiger partial charge in [-0.1, -0.05) is 18.2 Å². The number of imidazole rings is 1. The highest BCUT2D eigenvalue weighted by atomic mass is 32.2. The lowest BCUT2D eigenvalue weighted by atomic mass is 10.1. The van der Waals surface area contributed by atoms with Gasteiger partial charge in [-0.25, -0.2) is 20.1 Å². The van der Waals surface area contributed by atoms with Crippen LogP contribution in [0.4, 0.5) is 5.82 Å². The summed E-state index contributed by atoms with van der Waals surface area (Å²) in [4.78, 5) is 25.4.